The number of imidazole rings is 2. The maximum absolute atomic E-state index is 12.1. The number of hydrogen-bond acceptors (Lipinski definition) is 5. The van der Waals surface area contributed by atoms with Crippen LogP contribution in [0.1, 0.15) is 24.6 Å². The molecule has 1 atom stereocenters. The van der Waals surface area contributed by atoms with E-state index in [0.29, 0.717) is 5.69 Å². The van der Waals surface area contributed by atoms with Gasteiger partial charge in [0, 0.05) is 25.4 Å². The highest BCUT2D eigenvalue weighted by Gasteiger charge is 2.26. The Kier molecular flexibility index (Phi) is 3.70. The molecule has 0 saturated heterocycles. The Bertz CT molecular complexity index is 1130. The summed E-state index contributed by atoms with van der Waals surface area (Å²) in [6.07, 6.45) is 1.43. The Morgan fingerprint density at radius 1 is 1.40 bits per heavy atom. The van der Waals surface area contributed by atoms with Crippen LogP contribution < -0.4 is 17.0 Å². The average molecular weight is 348 g/mol. The fourth-order valence-corrected chi connectivity index (χ4v) is 2.92. The normalized spacial score (nSPS) is 12.7. The zero-order valence-electron chi connectivity index (χ0n) is 13.5. The highest BCUT2D eigenvalue weighted by molar-refractivity contribution is 5.79. The topological polar surface area (TPSA) is 157 Å². The minimum absolute atomic E-state index is 0.0195. The first-order valence-corrected chi connectivity index (χ1v) is 7.42. The molecule has 132 valence electrons. The van der Waals surface area contributed by atoms with Crippen LogP contribution in [0.25, 0.3) is 16.9 Å². The van der Waals surface area contributed by atoms with E-state index in [2.05, 4.69) is 9.97 Å². The van der Waals surface area contributed by atoms with Crippen LogP contribution in [0.15, 0.2) is 15.8 Å². The molecule has 0 aliphatic carbocycles. The summed E-state index contributed by atoms with van der Waals surface area (Å²) in [6, 6.07) is -1.09. The number of carboxylic acids is 1. The number of nitrogens with zero attached hydrogens (tertiary/aromatic N) is 4. The summed E-state index contributed by atoms with van der Waals surface area (Å²) in [5.41, 5.74) is 4.69. The number of aromatic amines is 1. The molecule has 0 aromatic carbocycles. The molecule has 3 aromatic rings. The van der Waals surface area contributed by atoms with Gasteiger partial charge in [0.1, 0.15) is 6.04 Å². The Hall–Kier alpha value is -3.37. The van der Waals surface area contributed by atoms with Gasteiger partial charge in [-0.05, 0) is 13.3 Å². The fraction of sp³-hybridized carbons (Fsp3) is 0.357. The van der Waals surface area contributed by atoms with Crippen molar-refractivity contribution in [3.8, 4) is 0 Å². The molecule has 0 aliphatic rings. The molecule has 3 rings (SSSR count). The number of aryl methyl sites for hydroxylation is 2. The summed E-state index contributed by atoms with van der Waals surface area (Å²) < 4.78 is 4.01. The number of carbonyl (C=O) groups excluding carboxylic acids is 1. The summed E-state index contributed by atoms with van der Waals surface area (Å²) in [6.45, 7) is 1.66. The molecule has 0 bridgehead atoms. The number of amides is 1. The van der Waals surface area contributed by atoms with Crippen molar-refractivity contribution in [1.82, 2.24) is 23.5 Å². The smallest absolute Gasteiger partial charge is 0.329 e. The van der Waals surface area contributed by atoms with Crippen molar-refractivity contribution in [2.45, 2.75) is 25.8 Å². The quantitative estimate of drug-likeness (QED) is 0.529. The third-order valence-electron chi connectivity index (χ3n) is 4.10. The van der Waals surface area contributed by atoms with E-state index in [9.17, 15) is 24.3 Å². The van der Waals surface area contributed by atoms with Gasteiger partial charge in [0.15, 0.2) is 11.2 Å². The van der Waals surface area contributed by atoms with Gasteiger partial charge in [-0.15, -0.1) is 0 Å². The molecule has 3 aromatic heterocycles. The van der Waals surface area contributed by atoms with Gasteiger partial charge in [0.25, 0.3) is 5.56 Å². The van der Waals surface area contributed by atoms with Crippen LogP contribution in [-0.4, -0.2) is 40.5 Å². The van der Waals surface area contributed by atoms with Gasteiger partial charge in [0.2, 0.25) is 11.7 Å². The Labute approximate surface area is 139 Å². The number of aliphatic carboxylic acids is 1. The average Bonchev–Trinajstić information content (AvgIpc) is 3.01. The molecule has 1 amide bonds. The first-order valence-electron chi connectivity index (χ1n) is 7.42. The fourth-order valence-electron chi connectivity index (χ4n) is 2.92. The van der Waals surface area contributed by atoms with Crippen molar-refractivity contribution in [2.75, 3.05) is 0 Å². The molecular formula is C14H16N6O5. The summed E-state index contributed by atoms with van der Waals surface area (Å²) in [5.74, 6) is -1.58. The predicted octanol–water partition coefficient (Wildman–Crippen LogP) is -1.12. The molecule has 3 heterocycles. The lowest BCUT2D eigenvalue weighted by Crippen LogP contribution is -2.28. The van der Waals surface area contributed by atoms with Gasteiger partial charge in [-0.25, -0.2) is 9.59 Å². The second kappa shape index (κ2) is 5.61. The maximum Gasteiger partial charge on any atom is 0.329 e. The number of nitrogens with one attached hydrogen (secondary N) is 1. The van der Waals surface area contributed by atoms with E-state index in [1.807, 2.05) is 0 Å². The molecule has 0 saturated carbocycles. The SMILES string of the molecule is Cc1cn2c3c(=O)[nH]c(=O)n(C)c3nc2n1[C@H](CCC(N)=O)C(=O)O. The molecular weight excluding hydrogens is 332 g/mol. The molecule has 4 N–H and O–H groups in total. The van der Waals surface area contributed by atoms with Crippen LogP contribution in [0.4, 0.5) is 0 Å². The van der Waals surface area contributed by atoms with Gasteiger partial charge < -0.3 is 10.8 Å². The standard InChI is InChI=1S/C14H16N6O5/c1-6-5-19-9-10(18(2)14(25)17-11(9)22)16-13(19)20(6)7(12(23)24)3-4-8(15)21/h5,7H,3-4H2,1-2H3,(H2,15,21)(H,23,24)(H,17,22,25)/t7-/m1/s1. The molecule has 0 aliphatic heterocycles. The first-order chi connectivity index (χ1) is 11.7. The number of H-pyrrole nitrogens is 1. The minimum Gasteiger partial charge on any atom is -0.480 e. The highest BCUT2D eigenvalue weighted by atomic mass is 16.4. The zero-order valence-corrected chi connectivity index (χ0v) is 13.5. The van der Waals surface area contributed by atoms with Crippen molar-refractivity contribution in [3.05, 3.63) is 32.7 Å². The van der Waals surface area contributed by atoms with Crippen LogP contribution in [0.3, 0.4) is 0 Å². The molecule has 11 nitrogen and oxygen atoms in total. The number of hydrogen-bond donors (Lipinski definition) is 3. The molecule has 11 heteroatoms. The first kappa shape index (κ1) is 16.5. The van der Waals surface area contributed by atoms with Crippen molar-refractivity contribution < 1.29 is 14.7 Å². The molecule has 25 heavy (non-hydrogen) atoms. The lowest BCUT2D eigenvalue weighted by atomic mass is 10.1. The Balaban J connectivity index is 2.32. The van der Waals surface area contributed by atoms with Crippen LogP contribution in [0.5, 0.6) is 0 Å². The summed E-state index contributed by atoms with van der Waals surface area (Å²) in [7, 11) is 1.45. The van der Waals surface area contributed by atoms with Crippen molar-refractivity contribution in [1.29, 1.82) is 0 Å². The van der Waals surface area contributed by atoms with E-state index in [1.54, 1.807) is 13.1 Å². The molecule has 0 fully saturated rings. The lowest BCUT2D eigenvalue weighted by Gasteiger charge is -2.15. The summed E-state index contributed by atoms with van der Waals surface area (Å²) in [5, 5.41) is 9.54. The van der Waals surface area contributed by atoms with E-state index in [4.69, 9.17) is 5.73 Å². The molecule has 0 unspecified atom stereocenters. The van der Waals surface area contributed by atoms with Crippen LogP contribution in [-0.2, 0) is 16.6 Å². The van der Waals surface area contributed by atoms with Crippen molar-refractivity contribution in [2.24, 2.45) is 12.8 Å². The van der Waals surface area contributed by atoms with E-state index in [-0.39, 0.29) is 29.8 Å². The summed E-state index contributed by atoms with van der Waals surface area (Å²) >= 11 is 0. The number of fused-ring (bicyclic) bond motifs is 3. The van der Waals surface area contributed by atoms with E-state index >= 15 is 0 Å². The maximum atomic E-state index is 12.1. The largest absolute Gasteiger partial charge is 0.480 e. The monoisotopic (exact) mass is 348 g/mol. The number of carboxylic acid groups (broad SMARTS) is 1. The van der Waals surface area contributed by atoms with E-state index in [1.165, 1.54) is 20.6 Å². The van der Waals surface area contributed by atoms with Gasteiger partial charge >= 0.3 is 11.7 Å². The molecule has 0 spiro atoms. The van der Waals surface area contributed by atoms with Gasteiger partial charge in [0.05, 0.1) is 0 Å². The van der Waals surface area contributed by atoms with Crippen LogP contribution >= 0.6 is 0 Å². The second-order valence-electron chi connectivity index (χ2n) is 5.77. The lowest BCUT2D eigenvalue weighted by molar-refractivity contribution is -0.141. The van der Waals surface area contributed by atoms with Crippen LogP contribution in [0, 0.1) is 6.92 Å². The third-order valence-corrected chi connectivity index (χ3v) is 4.10. The number of carbonyl (C=O) groups is 2. The zero-order chi connectivity index (χ0) is 18.5. The number of nitrogens with two attached hydrogens (primary N) is 1. The number of aromatic nitrogens is 5. The Morgan fingerprint density at radius 2 is 2.08 bits per heavy atom. The third kappa shape index (κ3) is 2.49. The second-order valence-corrected chi connectivity index (χ2v) is 5.77. The predicted molar refractivity (Wildman–Crippen MR) is 86.4 cm³/mol. The highest BCUT2D eigenvalue weighted by Crippen LogP contribution is 2.23. The van der Waals surface area contributed by atoms with Gasteiger partial charge in [-0.3, -0.25) is 28.1 Å². The van der Waals surface area contributed by atoms with Crippen molar-refractivity contribution >= 4 is 28.8 Å². The van der Waals surface area contributed by atoms with E-state index in [0.717, 1.165) is 0 Å². The van der Waals surface area contributed by atoms with Gasteiger partial charge in [-0.2, -0.15) is 4.98 Å². The Morgan fingerprint density at radius 3 is 2.68 bits per heavy atom. The summed E-state index contributed by atoms with van der Waals surface area (Å²) in [4.78, 5) is 53.0. The molecule has 0 radical (unpaired) electrons. The van der Waals surface area contributed by atoms with E-state index < -0.39 is 29.2 Å². The number of primary amides is 1. The number of rotatable bonds is 5. The van der Waals surface area contributed by atoms with Crippen LogP contribution in [0.2, 0.25) is 0 Å². The van der Waals surface area contributed by atoms with Gasteiger partial charge in [-0.1, -0.05) is 0 Å². The minimum atomic E-state index is -1.16. The van der Waals surface area contributed by atoms with Crippen molar-refractivity contribution in [3.63, 3.8) is 0 Å².